The fraction of sp³-hybridized carbons (Fsp3) is 0.562. The van der Waals surface area contributed by atoms with E-state index in [1.54, 1.807) is 0 Å². The van der Waals surface area contributed by atoms with Gasteiger partial charge in [0.1, 0.15) is 0 Å². The summed E-state index contributed by atoms with van der Waals surface area (Å²) in [7, 11) is 2.16. The van der Waals surface area contributed by atoms with Crippen LogP contribution in [0, 0.1) is 0 Å². The molecule has 1 unspecified atom stereocenters. The molecular weight excluding hydrogens is 286 g/mol. The van der Waals surface area contributed by atoms with E-state index >= 15 is 0 Å². The van der Waals surface area contributed by atoms with Crippen LogP contribution in [0.5, 0.6) is 0 Å². The number of carbonyl (C=O) groups excluding carboxylic acids is 1. The Morgan fingerprint density at radius 1 is 1.38 bits per heavy atom. The maximum atomic E-state index is 11.5. The van der Waals surface area contributed by atoms with E-state index in [4.69, 9.17) is 11.6 Å². The smallest absolute Gasteiger partial charge is 0.224 e. The molecule has 1 aromatic carbocycles. The lowest BCUT2D eigenvalue weighted by molar-refractivity contribution is -0.115. The Balaban J connectivity index is 2.04. The van der Waals surface area contributed by atoms with Gasteiger partial charge in [-0.25, -0.2) is 0 Å². The highest BCUT2D eigenvalue weighted by atomic mass is 35.5. The minimum Gasteiger partial charge on any atom is -0.381 e. The third-order valence-corrected chi connectivity index (χ3v) is 4.21. The van der Waals surface area contributed by atoms with Crippen LogP contribution in [-0.2, 0) is 4.79 Å². The fourth-order valence-corrected chi connectivity index (χ4v) is 2.74. The lowest BCUT2D eigenvalue weighted by Gasteiger charge is -2.19. The topological polar surface area (TPSA) is 44.4 Å². The number of rotatable bonds is 4. The Bertz CT molecular complexity index is 492. The van der Waals surface area contributed by atoms with Crippen molar-refractivity contribution in [2.45, 2.75) is 38.6 Å². The average Bonchev–Trinajstić information content (AvgIpc) is 2.67. The summed E-state index contributed by atoms with van der Waals surface area (Å²) < 4.78 is 0. The maximum Gasteiger partial charge on any atom is 0.224 e. The van der Waals surface area contributed by atoms with Gasteiger partial charge in [-0.3, -0.25) is 4.79 Å². The minimum atomic E-state index is 0.0133. The van der Waals surface area contributed by atoms with Crippen molar-refractivity contribution in [2.75, 3.05) is 30.8 Å². The second kappa shape index (κ2) is 7.66. The van der Waals surface area contributed by atoms with E-state index in [-0.39, 0.29) is 5.91 Å². The van der Waals surface area contributed by atoms with Crippen LogP contribution in [-0.4, -0.2) is 37.0 Å². The van der Waals surface area contributed by atoms with Crippen molar-refractivity contribution in [3.8, 4) is 0 Å². The van der Waals surface area contributed by atoms with Crippen molar-refractivity contribution in [3.05, 3.63) is 23.2 Å². The number of likely N-dealkylation sites (tertiary alicyclic amines) is 1. The fourth-order valence-electron chi connectivity index (χ4n) is 2.57. The monoisotopic (exact) mass is 309 g/mol. The summed E-state index contributed by atoms with van der Waals surface area (Å²) in [4.78, 5) is 13.8. The van der Waals surface area contributed by atoms with Crippen molar-refractivity contribution in [3.63, 3.8) is 0 Å². The van der Waals surface area contributed by atoms with E-state index in [0.29, 0.717) is 17.5 Å². The van der Waals surface area contributed by atoms with Crippen LogP contribution in [0.15, 0.2) is 18.2 Å². The number of hydrogen-bond acceptors (Lipinski definition) is 3. The first-order chi connectivity index (χ1) is 10.1. The summed E-state index contributed by atoms with van der Waals surface area (Å²) in [6.45, 7) is 4.09. The number of nitrogens with one attached hydrogen (secondary N) is 2. The highest BCUT2D eigenvalue weighted by Crippen LogP contribution is 2.28. The van der Waals surface area contributed by atoms with Gasteiger partial charge < -0.3 is 15.5 Å². The number of benzene rings is 1. The summed E-state index contributed by atoms with van der Waals surface area (Å²) in [6.07, 6.45) is 3.92. The van der Waals surface area contributed by atoms with Gasteiger partial charge in [0.2, 0.25) is 5.91 Å². The van der Waals surface area contributed by atoms with Crippen LogP contribution in [0.25, 0.3) is 0 Å². The largest absolute Gasteiger partial charge is 0.381 e. The van der Waals surface area contributed by atoms with Gasteiger partial charge in [0, 0.05) is 18.2 Å². The normalized spacial score (nSPS) is 19.9. The molecule has 4 nitrogen and oxygen atoms in total. The van der Waals surface area contributed by atoms with Crippen molar-refractivity contribution in [2.24, 2.45) is 0 Å². The highest BCUT2D eigenvalue weighted by Gasteiger charge is 2.16. The summed E-state index contributed by atoms with van der Waals surface area (Å²) in [5.74, 6) is 0.0133. The number of nitrogens with zero attached hydrogens (tertiary/aromatic N) is 1. The molecule has 1 atom stereocenters. The quantitative estimate of drug-likeness (QED) is 0.893. The molecule has 1 fully saturated rings. The SMILES string of the molecule is CCC(=O)Nc1ccc(Cl)c(NC2CCCN(C)CC2)c1. The Labute approximate surface area is 131 Å². The van der Waals surface area contributed by atoms with Gasteiger partial charge in [0.15, 0.2) is 0 Å². The molecule has 1 saturated heterocycles. The molecule has 0 aromatic heterocycles. The minimum absolute atomic E-state index is 0.0133. The zero-order valence-electron chi connectivity index (χ0n) is 12.8. The first kappa shape index (κ1) is 16.1. The molecule has 0 radical (unpaired) electrons. The van der Waals surface area contributed by atoms with Crippen LogP contribution in [0.3, 0.4) is 0 Å². The number of amides is 1. The standard InChI is InChI=1S/C16H24ClN3O/c1-3-16(21)19-13-6-7-14(17)15(11-13)18-12-5-4-9-20(2)10-8-12/h6-7,11-12,18H,3-5,8-10H2,1-2H3,(H,19,21). The van der Waals surface area contributed by atoms with Crippen molar-refractivity contribution < 1.29 is 4.79 Å². The highest BCUT2D eigenvalue weighted by molar-refractivity contribution is 6.33. The summed E-state index contributed by atoms with van der Waals surface area (Å²) >= 11 is 6.27. The van der Waals surface area contributed by atoms with E-state index in [9.17, 15) is 4.79 Å². The van der Waals surface area contributed by atoms with E-state index in [0.717, 1.165) is 37.3 Å². The van der Waals surface area contributed by atoms with Gasteiger partial charge in [0.25, 0.3) is 0 Å². The van der Waals surface area contributed by atoms with Crippen LogP contribution < -0.4 is 10.6 Å². The molecule has 1 aliphatic rings. The Morgan fingerprint density at radius 2 is 2.19 bits per heavy atom. The summed E-state index contributed by atoms with van der Waals surface area (Å²) in [5, 5.41) is 7.10. The number of hydrogen-bond donors (Lipinski definition) is 2. The van der Waals surface area contributed by atoms with Gasteiger partial charge in [-0.15, -0.1) is 0 Å². The van der Waals surface area contributed by atoms with Crippen LogP contribution in [0.1, 0.15) is 32.6 Å². The first-order valence-electron chi connectivity index (χ1n) is 7.63. The van der Waals surface area contributed by atoms with Gasteiger partial charge >= 0.3 is 0 Å². The van der Waals surface area contributed by atoms with E-state index in [2.05, 4.69) is 22.6 Å². The van der Waals surface area contributed by atoms with Crippen molar-refractivity contribution >= 4 is 28.9 Å². The van der Waals surface area contributed by atoms with Gasteiger partial charge in [-0.1, -0.05) is 18.5 Å². The number of halogens is 1. The molecule has 1 aliphatic heterocycles. The van der Waals surface area contributed by atoms with E-state index in [1.807, 2.05) is 25.1 Å². The molecule has 21 heavy (non-hydrogen) atoms. The molecule has 2 N–H and O–H groups in total. The third-order valence-electron chi connectivity index (χ3n) is 3.88. The first-order valence-corrected chi connectivity index (χ1v) is 8.00. The van der Waals surface area contributed by atoms with E-state index < -0.39 is 0 Å². The number of anilines is 2. The lowest BCUT2D eigenvalue weighted by Crippen LogP contribution is -2.23. The average molecular weight is 310 g/mol. The molecule has 0 bridgehead atoms. The van der Waals surface area contributed by atoms with E-state index in [1.165, 1.54) is 6.42 Å². The van der Waals surface area contributed by atoms with Crippen LogP contribution in [0.2, 0.25) is 5.02 Å². The number of carbonyl (C=O) groups is 1. The van der Waals surface area contributed by atoms with Crippen molar-refractivity contribution in [1.82, 2.24) is 4.90 Å². The second-order valence-corrected chi connectivity index (χ2v) is 6.08. The molecule has 1 amide bonds. The summed E-state index contributed by atoms with van der Waals surface area (Å²) in [6, 6.07) is 6.02. The molecule has 1 heterocycles. The van der Waals surface area contributed by atoms with Crippen molar-refractivity contribution in [1.29, 1.82) is 0 Å². The molecule has 0 aliphatic carbocycles. The zero-order chi connectivity index (χ0) is 15.2. The van der Waals surface area contributed by atoms with Crippen LogP contribution >= 0.6 is 11.6 Å². The lowest BCUT2D eigenvalue weighted by atomic mass is 10.1. The molecule has 116 valence electrons. The molecule has 2 rings (SSSR count). The molecule has 0 spiro atoms. The van der Waals surface area contributed by atoms with Gasteiger partial charge in [-0.05, 0) is 57.6 Å². The molecule has 1 aromatic rings. The Morgan fingerprint density at radius 3 is 2.95 bits per heavy atom. The Hall–Kier alpha value is -1.26. The predicted octanol–water partition coefficient (Wildman–Crippen LogP) is 3.58. The second-order valence-electron chi connectivity index (χ2n) is 5.67. The predicted molar refractivity (Wildman–Crippen MR) is 89.1 cm³/mol. The van der Waals surface area contributed by atoms with Gasteiger partial charge in [-0.2, -0.15) is 0 Å². The molecule has 5 heteroatoms. The third kappa shape index (κ3) is 4.90. The molecular formula is C16H24ClN3O. The molecule has 0 saturated carbocycles. The maximum absolute atomic E-state index is 11.5. The Kier molecular flexibility index (Phi) is 5.88. The zero-order valence-corrected chi connectivity index (χ0v) is 13.5. The summed E-state index contributed by atoms with van der Waals surface area (Å²) in [5.41, 5.74) is 1.69. The van der Waals surface area contributed by atoms with Crippen LogP contribution in [0.4, 0.5) is 11.4 Å². The van der Waals surface area contributed by atoms with Gasteiger partial charge in [0.05, 0.1) is 10.7 Å².